The first-order valence-corrected chi connectivity index (χ1v) is 6.38. The third-order valence-corrected chi connectivity index (χ3v) is 3.03. The van der Waals surface area contributed by atoms with Crippen molar-refractivity contribution in [3.8, 4) is 5.75 Å². The number of carbonyl (C=O) groups is 1. The van der Waals surface area contributed by atoms with Crippen LogP contribution in [-0.2, 0) is 9.53 Å². The van der Waals surface area contributed by atoms with E-state index in [9.17, 15) is 4.79 Å². The summed E-state index contributed by atoms with van der Waals surface area (Å²) in [5.74, 6) is 0.459. The molecule has 1 aliphatic heterocycles. The summed E-state index contributed by atoms with van der Waals surface area (Å²) in [6.45, 7) is 0.550. The van der Waals surface area contributed by atoms with Gasteiger partial charge in [0, 0.05) is 17.0 Å². The van der Waals surface area contributed by atoms with Gasteiger partial charge in [0.1, 0.15) is 17.2 Å². The molecule has 0 amide bonds. The molecular formula is C11H10BrClO3. The highest BCUT2D eigenvalue weighted by molar-refractivity contribution is 9.09. The van der Waals surface area contributed by atoms with Gasteiger partial charge in [0.25, 0.3) is 0 Å². The summed E-state index contributed by atoms with van der Waals surface area (Å²) in [5.41, 5.74) is 0.841. The van der Waals surface area contributed by atoms with E-state index in [2.05, 4.69) is 15.9 Å². The van der Waals surface area contributed by atoms with Gasteiger partial charge in [-0.1, -0.05) is 27.5 Å². The van der Waals surface area contributed by atoms with Crippen molar-refractivity contribution in [1.29, 1.82) is 0 Å². The monoisotopic (exact) mass is 304 g/mol. The van der Waals surface area contributed by atoms with E-state index in [-0.39, 0.29) is 17.4 Å². The van der Waals surface area contributed by atoms with Gasteiger partial charge in [-0.2, -0.15) is 0 Å². The fourth-order valence-electron chi connectivity index (χ4n) is 1.65. The standard InChI is InChI=1S/C11H10BrClO3/c12-6-11(14)16-10-3-4-15-9-2-1-7(13)5-8(9)10/h1-2,5,10H,3-4,6H2. The number of alkyl halides is 1. The van der Waals surface area contributed by atoms with Crippen LogP contribution in [0.2, 0.25) is 5.02 Å². The van der Waals surface area contributed by atoms with E-state index in [1.54, 1.807) is 18.2 Å². The molecule has 1 aliphatic rings. The highest BCUT2D eigenvalue weighted by Crippen LogP contribution is 2.36. The summed E-state index contributed by atoms with van der Waals surface area (Å²) in [5, 5.41) is 0.810. The lowest BCUT2D eigenvalue weighted by Crippen LogP contribution is -2.20. The third-order valence-electron chi connectivity index (χ3n) is 2.34. The lowest BCUT2D eigenvalue weighted by atomic mass is 10.0. The Morgan fingerprint density at radius 3 is 3.19 bits per heavy atom. The zero-order valence-corrected chi connectivity index (χ0v) is 10.8. The van der Waals surface area contributed by atoms with Crippen molar-refractivity contribution in [1.82, 2.24) is 0 Å². The average molecular weight is 306 g/mol. The Balaban J connectivity index is 2.24. The van der Waals surface area contributed by atoms with Gasteiger partial charge in [0.05, 0.1) is 6.61 Å². The van der Waals surface area contributed by atoms with Crippen LogP contribution >= 0.6 is 27.5 Å². The van der Waals surface area contributed by atoms with Crippen molar-refractivity contribution in [3.63, 3.8) is 0 Å². The molecular weight excluding hydrogens is 295 g/mol. The Morgan fingerprint density at radius 2 is 2.44 bits per heavy atom. The van der Waals surface area contributed by atoms with Gasteiger partial charge in [-0.25, -0.2) is 0 Å². The number of fused-ring (bicyclic) bond motifs is 1. The van der Waals surface area contributed by atoms with Crippen LogP contribution < -0.4 is 4.74 Å². The predicted molar refractivity (Wildman–Crippen MR) is 64.2 cm³/mol. The van der Waals surface area contributed by atoms with Gasteiger partial charge in [-0.05, 0) is 18.2 Å². The Hall–Kier alpha value is -0.740. The minimum Gasteiger partial charge on any atom is -0.493 e. The second kappa shape index (κ2) is 5.06. The molecule has 86 valence electrons. The van der Waals surface area contributed by atoms with Crippen molar-refractivity contribution in [2.75, 3.05) is 11.9 Å². The van der Waals surface area contributed by atoms with Crippen LogP contribution in [0, 0.1) is 0 Å². The number of benzene rings is 1. The lowest BCUT2D eigenvalue weighted by Gasteiger charge is -2.25. The topological polar surface area (TPSA) is 35.5 Å². The smallest absolute Gasteiger partial charge is 0.317 e. The quantitative estimate of drug-likeness (QED) is 0.622. The second-order valence-electron chi connectivity index (χ2n) is 3.43. The van der Waals surface area contributed by atoms with Crippen molar-refractivity contribution in [2.45, 2.75) is 12.5 Å². The van der Waals surface area contributed by atoms with Crippen LogP contribution in [-0.4, -0.2) is 17.9 Å². The van der Waals surface area contributed by atoms with E-state index in [4.69, 9.17) is 21.1 Å². The molecule has 1 aromatic rings. The SMILES string of the molecule is O=C(CBr)OC1CCOc2ccc(Cl)cc21. The van der Waals surface area contributed by atoms with Crippen molar-refractivity contribution in [2.24, 2.45) is 0 Å². The first-order chi connectivity index (χ1) is 7.70. The molecule has 3 nitrogen and oxygen atoms in total. The summed E-state index contributed by atoms with van der Waals surface area (Å²) in [7, 11) is 0. The number of rotatable bonds is 2. The number of carbonyl (C=O) groups excluding carboxylic acids is 1. The number of hydrogen-bond acceptors (Lipinski definition) is 3. The molecule has 2 rings (SSSR count). The summed E-state index contributed by atoms with van der Waals surface area (Å²) in [6.07, 6.45) is 0.402. The molecule has 0 spiro atoms. The molecule has 0 radical (unpaired) electrons. The minimum atomic E-state index is -0.280. The van der Waals surface area contributed by atoms with Gasteiger partial charge >= 0.3 is 5.97 Å². The highest BCUT2D eigenvalue weighted by Gasteiger charge is 2.24. The van der Waals surface area contributed by atoms with E-state index in [0.29, 0.717) is 18.1 Å². The fourth-order valence-corrected chi connectivity index (χ4v) is 1.96. The maximum absolute atomic E-state index is 11.2. The second-order valence-corrected chi connectivity index (χ2v) is 4.43. The number of esters is 1. The minimum absolute atomic E-state index is 0.195. The molecule has 5 heteroatoms. The Morgan fingerprint density at radius 1 is 1.62 bits per heavy atom. The molecule has 1 atom stereocenters. The Labute approximate surface area is 107 Å². The molecule has 0 aliphatic carbocycles. The zero-order chi connectivity index (χ0) is 11.5. The summed E-state index contributed by atoms with van der Waals surface area (Å²) in [6, 6.07) is 5.34. The average Bonchev–Trinajstić information content (AvgIpc) is 2.29. The van der Waals surface area contributed by atoms with Crippen LogP contribution in [0.5, 0.6) is 5.75 Å². The third kappa shape index (κ3) is 2.50. The first kappa shape index (κ1) is 11.7. The molecule has 0 saturated carbocycles. The fraction of sp³-hybridized carbons (Fsp3) is 0.364. The zero-order valence-electron chi connectivity index (χ0n) is 8.41. The highest BCUT2D eigenvalue weighted by atomic mass is 79.9. The van der Waals surface area contributed by atoms with Crippen molar-refractivity contribution >= 4 is 33.5 Å². The Bertz CT molecular complexity index is 408. The molecule has 0 aromatic heterocycles. The van der Waals surface area contributed by atoms with E-state index < -0.39 is 0 Å². The van der Waals surface area contributed by atoms with Gasteiger partial charge in [-0.3, -0.25) is 4.79 Å². The Kier molecular flexibility index (Phi) is 3.71. The van der Waals surface area contributed by atoms with Gasteiger partial charge < -0.3 is 9.47 Å². The van der Waals surface area contributed by atoms with Gasteiger partial charge in [0.2, 0.25) is 0 Å². The van der Waals surface area contributed by atoms with Crippen molar-refractivity contribution < 1.29 is 14.3 Å². The van der Waals surface area contributed by atoms with Crippen molar-refractivity contribution in [3.05, 3.63) is 28.8 Å². The molecule has 0 saturated heterocycles. The van der Waals surface area contributed by atoms with Crippen LogP contribution in [0.3, 0.4) is 0 Å². The normalized spacial score (nSPS) is 18.5. The van der Waals surface area contributed by atoms with E-state index in [0.717, 1.165) is 11.3 Å². The number of halogens is 2. The molecule has 1 heterocycles. The largest absolute Gasteiger partial charge is 0.493 e. The maximum Gasteiger partial charge on any atom is 0.317 e. The summed E-state index contributed by atoms with van der Waals surface area (Å²) < 4.78 is 10.8. The summed E-state index contributed by atoms with van der Waals surface area (Å²) >= 11 is 8.97. The number of ether oxygens (including phenoxy) is 2. The van der Waals surface area contributed by atoms with E-state index >= 15 is 0 Å². The molecule has 0 N–H and O–H groups in total. The van der Waals surface area contributed by atoms with Crippen LogP contribution in [0.15, 0.2) is 18.2 Å². The molecule has 0 fully saturated rings. The van der Waals surface area contributed by atoms with E-state index in [1.165, 1.54) is 0 Å². The van der Waals surface area contributed by atoms with Crippen LogP contribution in [0.4, 0.5) is 0 Å². The number of hydrogen-bond donors (Lipinski definition) is 0. The van der Waals surface area contributed by atoms with Crippen LogP contribution in [0.1, 0.15) is 18.1 Å². The molecule has 16 heavy (non-hydrogen) atoms. The molecule has 0 bridgehead atoms. The predicted octanol–water partition coefficient (Wildman–Crippen LogP) is 3.10. The van der Waals surface area contributed by atoms with Gasteiger partial charge in [0.15, 0.2) is 0 Å². The van der Waals surface area contributed by atoms with E-state index in [1.807, 2.05) is 0 Å². The molecule has 1 aromatic carbocycles. The van der Waals surface area contributed by atoms with Gasteiger partial charge in [-0.15, -0.1) is 0 Å². The molecule has 1 unspecified atom stereocenters. The van der Waals surface area contributed by atoms with Crippen LogP contribution in [0.25, 0.3) is 0 Å². The lowest BCUT2D eigenvalue weighted by molar-refractivity contribution is -0.147. The summed E-state index contributed by atoms with van der Waals surface area (Å²) in [4.78, 5) is 11.2. The maximum atomic E-state index is 11.2. The first-order valence-electron chi connectivity index (χ1n) is 4.88.